The Morgan fingerprint density at radius 1 is 1.35 bits per heavy atom. The van der Waals surface area contributed by atoms with Crippen molar-refractivity contribution in [1.82, 2.24) is 0 Å². The van der Waals surface area contributed by atoms with Gasteiger partial charge in [-0.15, -0.1) is 0 Å². The monoisotopic (exact) mass is 236 g/mol. The Hall–Kier alpha value is -1.62. The van der Waals surface area contributed by atoms with E-state index in [0.29, 0.717) is 0 Å². The minimum Gasteiger partial charge on any atom is -0.396 e. The zero-order valence-electron chi connectivity index (χ0n) is 9.56. The number of nitro benzene ring substituents is 1. The highest BCUT2D eigenvalue weighted by molar-refractivity contribution is 5.48. The molecular weight excluding hydrogens is 220 g/mol. The Bertz CT molecular complexity index is 399. The maximum absolute atomic E-state index is 10.5. The number of non-ortho nitro benzene ring substituents is 1. The van der Waals surface area contributed by atoms with Crippen molar-refractivity contribution in [2.75, 3.05) is 18.5 Å². The quantitative estimate of drug-likeness (QED) is 0.586. The van der Waals surface area contributed by atoms with Gasteiger partial charge >= 0.3 is 0 Å². The van der Waals surface area contributed by atoms with E-state index in [-0.39, 0.29) is 17.7 Å². The predicted molar refractivity (Wildman–Crippen MR) is 65.0 cm³/mol. The molecule has 1 saturated carbocycles. The van der Waals surface area contributed by atoms with E-state index in [9.17, 15) is 10.1 Å². The summed E-state index contributed by atoms with van der Waals surface area (Å²) in [6.45, 7) is 1.05. The highest BCUT2D eigenvalue weighted by atomic mass is 16.6. The molecule has 1 fully saturated rings. The van der Waals surface area contributed by atoms with E-state index in [4.69, 9.17) is 5.11 Å². The summed E-state index contributed by atoms with van der Waals surface area (Å²) in [4.78, 5) is 10.1. The van der Waals surface area contributed by atoms with Gasteiger partial charge in [0.25, 0.3) is 5.69 Å². The van der Waals surface area contributed by atoms with E-state index in [1.54, 1.807) is 12.1 Å². The van der Waals surface area contributed by atoms with Crippen molar-refractivity contribution in [2.45, 2.75) is 19.3 Å². The van der Waals surface area contributed by atoms with Crippen LogP contribution in [0.3, 0.4) is 0 Å². The Kier molecular flexibility index (Phi) is 3.28. The van der Waals surface area contributed by atoms with Crippen LogP contribution in [-0.4, -0.2) is 23.2 Å². The van der Waals surface area contributed by atoms with Crippen LogP contribution in [0.1, 0.15) is 19.3 Å². The third-order valence-corrected chi connectivity index (χ3v) is 3.34. The normalized spacial score (nSPS) is 16.5. The molecule has 0 heterocycles. The lowest BCUT2D eigenvalue weighted by atomic mass is 10.0. The minimum absolute atomic E-state index is 0.104. The number of hydrogen-bond acceptors (Lipinski definition) is 4. The number of hydrogen-bond donors (Lipinski definition) is 2. The first-order valence-electron chi connectivity index (χ1n) is 5.74. The number of rotatable bonds is 6. The van der Waals surface area contributed by atoms with Crippen LogP contribution >= 0.6 is 0 Å². The minimum atomic E-state index is -0.405. The van der Waals surface area contributed by atoms with E-state index in [0.717, 1.165) is 31.5 Å². The molecule has 0 radical (unpaired) electrons. The topological polar surface area (TPSA) is 75.4 Å². The summed E-state index contributed by atoms with van der Waals surface area (Å²) in [6, 6.07) is 6.42. The molecular formula is C12H16N2O3. The third kappa shape index (κ3) is 2.94. The molecule has 1 aliphatic carbocycles. The second-order valence-corrected chi connectivity index (χ2v) is 4.63. The van der Waals surface area contributed by atoms with Crippen LogP contribution in [0.2, 0.25) is 0 Å². The molecule has 17 heavy (non-hydrogen) atoms. The highest BCUT2D eigenvalue weighted by Crippen LogP contribution is 2.48. The fourth-order valence-corrected chi connectivity index (χ4v) is 1.92. The van der Waals surface area contributed by atoms with Crippen LogP contribution in [0.25, 0.3) is 0 Å². The van der Waals surface area contributed by atoms with Gasteiger partial charge in [0.1, 0.15) is 0 Å². The van der Waals surface area contributed by atoms with Crippen molar-refractivity contribution in [2.24, 2.45) is 5.41 Å². The van der Waals surface area contributed by atoms with Gasteiger partial charge in [-0.3, -0.25) is 10.1 Å². The van der Waals surface area contributed by atoms with Gasteiger partial charge in [0, 0.05) is 31.0 Å². The summed E-state index contributed by atoms with van der Waals surface area (Å²) in [5.74, 6) is 0. The van der Waals surface area contributed by atoms with Crippen molar-refractivity contribution < 1.29 is 10.0 Å². The molecule has 0 atom stereocenters. The Morgan fingerprint density at radius 3 is 2.47 bits per heavy atom. The van der Waals surface area contributed by atoms with Crippen LogP contribution < -0.4 is 5.32 Å². The van der Waals surface area contributed by atoms with Crippen LogP contribution in [0.4, 0.5) is 11.4 Å². The Morgan fingerprint density at radius 2 is 2.00 bits per heavy atom. The third-order valence-electron chi connectivity index (χ3n) is 3.34. The summed E-state index contributed by atoms with van der Waals surface area (Å²) >= 11 is 0. The molecule has 0 bridgehead atoms. The summed E-state index contributed by atoms with van der Waals surface area (Å²) in [7, 11) is 0. The largest absolute Gasteiger partial charge is 0.396 e. The van der Waals surface area contributed by atoms with Gasteiger partial charge in [0.2, 0.25) is 0 Å². The lowest BCUT2D eigenvalue weighted by Crippen LogP contribution is -2.16. The maximum atomic E-state index is 10.5. The van der Waals surface area contributed by atoms with Crippen molar-refractivity contribution in [3.05, 3.63) is 34.4 Å². The van der Waals surface area contributed by atoms with Gasteiger partial charge in [0.05, 0.1) is 4.92 Å². The first kappa shape index (κ1) is 11.9. The van der Waals surface area contributed by atoms with E-state index in [2.05, 4.69) is 5.32 Å². The van der Waals surface area contributed by atoms with E-state index in [1.807, 2.05) is 0 Å². The molecule has 92 valence electrons. The molecule has 5 heteroatoms. The van der Waals surface area contributed by atoms with Crippen molar-refractivity contribution >= 4 is 11.4 Å². The van der Waals surface area contributed by atoms with Crippen LogP contribution in [0, 0.1) is 15.5 Å². The van der Waals surface area contributed by atoms with E-state index < -0.39 is 4.92 Å². The number of aliphatic hydroxyl groups excluding tert-OH is 1. The lowest BCUT2D eigenvalue weighted by Gasteiger charge is -2.15. The van der Waals surface area contributed by atoms with Crippen molar-refractivity contribution in [3.8, 4) is 0 Å². The molecule has 0 aromatic heterocycles. The average Bonchev–Trinajstić information content (AvgIpc) is 3.08. The number of nitro groups is 1. The number of anilines is 1. The molecule has 0 saturated heterocycles. The van der Waals surface area contributed by atoms with Gasteiger partial charge in [-0.2, -0.15) is 0 Å². The first-order chi connectivity index (χ1) is 8.15. The SMILES string of the molecule is O=[N+]([O-])c1ccc(NCC2(CCO)CC2)cc1. The molecule has 0 amide bonds. The van der Waals surface area contributed by atoms with E-state index in [1.165, 1.54) is 12.1 Å². The summed E-state index contributed by atoms with van der Waals surface area (Å²) < 4.78 is 0. The standard InChI is InChI=1S/C12H16N2O3/c15-8-7-12(5-6-12)9-13-10-1-3-11(4-2-10)14(16)17/h1-4,13,15H,5-9H2. The molecule has 0 spiro atoms. The molecule has 1 aromatic carbocycles. The second-order valence-electron chi connectivity index (χ2n) is 4.63. The average molecular weight is 236 g/mol. The fourth-order valence-electron chi connectivity index (χ4n) is 1.92. The predicted octanol–water partition coefficient (Wildman–Crippen LogP) is 2.17. The van der Waals surface area contributed by atoms with Crippen LogP contribution in [0.5, 0.6) is 0 Å². The van der Waals surface area contributed by atoms with Crippen molar-refractivity contribution in [1.29, 1.82) is 0 Å². The van der Waals surface area contributed by atoms with Crippen molar-refractivity contribution in [3.63, 3.8) is 0 Å². The summed E-state index contributed by atoms with van der Waals surface area (Å²) in [5.41, 5.74) is 1.24. The van der Waals surface area contributed by atoms with Gasteiger partial charge in [-0.1, -0.05) is 0 Å². The Labute approximate surface area is 99.6 Å². The van der Waals surface area contributed by atoms with Crippen LogP contribution in [0.15, 0.2) is 24.3 Å². The number of nitrogens with zero attached hydrogens (tertiary/aromatic N) is 1. The molecule has 2 N–H and O–H groups in total. The number of aliphatic hydroxyl groups is 1. The zero-order chi connectivity index (χ0) is 12.3. The summed E-state index contributed by atoms with van der Waals surface area (Å²) in [6.07, 6.45) is 3.12. The molecule has 5 nitrogen and oxygen atoms in total. The van der Waals surface area contributed by atoms with Gasteiger partial charge in [-0.05, 0) is 36.8 Å². The number of nitrogens with one attached hydrogen (secondary N) is 1. The lowest BCUT2D eigenvalue weighted by molar-refractivity contribution is -0.384. The molecule has 0 unspecified atom stereocenters. The van der Waals surface area contributed by atoms with E-state index >= 15 is 0 Å². The highest BCUT2D eigenvalue weighted by Gasteiger charge is 2.41. The molecule has 0 aliphatic heterocycles. The van der Waals surface area contributed by atoms with Gasteiger partial charge in [0.15, 0.2) is 0 Å². The fraction of sp³-hybridized carbons (Fsp3) is 0.500. The Balaban J connectivity index is 1.89. The number of benzene rings is 1. The van der Waals surface area contributed by atoms with Crippen LogP contribution in [-0.2, 0) is 0 Å². The molecule has 1 aromatic rings. The second kappa shape index (κ2) is 4.71. The first-order valence-corrected chi connectivity index (χ1v) is 5.74. The summed E-state index contributed by atoms with van der Waals surface area (Å²) in [5, 5.41) is 22.7. The van der Waals surface area contributed by atoms with Gasteiger partial charge in [-0.25, -0.2) is 0 Å². The zero-order valence-corrected chi connectivity index (χ0v) is 9.56. The maximum Gasteiger partial charge on any atom is 0.269 e. The molecule has 2 rings (SSSR count). The smallest absolute Gasteiger partial charge is 0.269 e. The van der Waals surface area contributed by atoms with Gasteiger partial charge < -0.3 is 10.4 Å². The molecule has 1 aliphatic rings.